The maximum absolute atomic E-state index is 4.60. The highest BCUT2D eigenvalue weighted by Gasteiger charge is 1.77. The van der Waals surface area contributed by atoms with Crippen LogP contribution in [0.5, 0.6) is 0 Å². The van der Waals surface area contributed by atoms with Crippen molar-refractivity contribution >= 4 is 0 Å². The number of hydrogen-bond donors (Lipinski definition) is 1. The fourth-order valence-corrected chi connectivity index (χ4v) is 0.501. The second-order valence-corrected chi connectivity index (χ2v) is 1.39. The van der Waals surface area contributed by atoms with Gasteiger partial charge in [0.1, 0.15) is 0 Å². The molecule has 8 heavy (non-hydrogen) atoms. The van der Waals surface area contributed by atoms with Crippen molar-refractivity contribution in [1.29, 1.82) is 0 Å². The van der Waals surface area contributed by atoms with Gasteiger partial charge < -0.3 is 0 Å². The van der Waals surface area contributed by atoms with Crippen molar-refractivity contribution in [2.75, 3.05) is 12.7 Å². The highest BCUT2D eigenvalue weighted by atomic mass is 16.7. The zero-order valence-corrected chi connectivity index (χ0v) is 4.66. The molecule has 0 aliphatic rings. The molecule has 3 heteroatoms. The first kappa shape index (κ1) is 5.18. The molecule has 0 spiro atoms. The van der Waals surface area contributed by atoms with Crippen LogP contribution >= 0.6 is 0 Å². The molecule has 3 nitrogen and oxygen atoms in total. The minimum Gasteiger partial charge on any atom is -0.264 e. The van der Waals surface area contributed by atoms with Crippen LogP contribution in [0.25, 0.3) is 0 Å². The average Bonchev–Trinajstić information content (AvgIpc) is 2.19. The summed E-state index contributed by atoms with van der Waals surface area (Å²) in [5, 5.41) is 0. The van der Waals surface area contributed by atoms with E-state index < -0.39 is 0 Å². The van der Waals surface area contributed by atoms with Gasteiger partial charge >= 0.3 is 0 Å². The Morgan fingerprint density at radius 2 is 2.00 bits per heavy atom. The van der Waals surface area contributed by atoms with Crippen LogP contribution in [-0.2, 0) is 4.84 Å². The molecule has 0 aliphatic heterocycles. The van der Waals surface area contributed by atoms with Gasteiger partial charge in [0.2, 0.25) is 0 Å². The summed E-state index contributed by atoms with van der Waals surface area (Å²) in [4.78, 5) is 4.60. The molecule has 0 amide bonds. The van der Waals surface area contributed by atoms with Crippen LogP contribution in [0.2, 0.25) is 0 Å². The van der Waals surface area contributed by atoms with E-state index in [-0.39, 0.29) is 0 Å². The molecule has 0 radical (unpaired) electrons. The lowest BCUT2D eigenvalue weighted by Gasteiger charge is -2.00. The molecular formula is C5H8N2O. The van der Waals surface area contributed by atoms with Crippen LogP contribution in [0.3, 0.4) is 0 Å². The summed E-state index contributed by atoms with van der Waals surface area (Å²) < 4.78 is 1.71. The molecule has 0 atom stereocenters. The normalized spacial score (nSPS) is 9.12. The molecule has 0 aromatic carbocycles. The second-order valence-electron chi connectivity index (χ2n) is 1.39. The van der Waals surface area contributed by atoms with Gasteiger partial charge in [-0.15, -0.1) is 0 Å². The van der Waals surface area contributed by atoms with Gasteiger partial charge in [0.25, 0.3) is 0 Å². The second kappa shape index (κ2) is 2.37. The van der Waals surface area contributed by atoms with Crippen molar-refractivity contribution in [2.45, 2.75) is 0 Å². The van der Waals surface area contributed by atoms with E-state index in [0.717, 1.165) is 0 Å². The summed E-state index contributed by atoms with van der Waals surface area (Å²) >= 11 is 0. The monoisotopic (exact) mass is 112 g/mol. The van der Waals surface area contributed by atoms with E-state index in [4.69, 9.17) is 0 Å². The summed E-state index contributed by atoms with van der Waals surface area (Å²) in [7, 11) is 1.57. The lowest BCUT2D eigenvalue weighted by molar-refractivity contribution is 0.221. The molecule has 44 valence electrons. The Morgan fingerprint density at radius 1 is 1.38 bits per heavy atom. The largest absolute Gasteiger partial charge is 0.264 e. The summed E-state index contributed by atoms with van der Waals surface area (Å²) in [5.74, 6) is 0. The predicted octanol–water partition coefficient (Wildman–Crippen LogP) is 0.593. The minimum absolute atomic E-state index is 1.57. The molecule has 1 aromatic heterocycles. The van der Waals surface area contributed by atoms with Gasteiger partial charge in [-0.25, -0.2) is 5.59 Å². The molecule has 1 heterocycles. The average molecular weight is 112 g/mol. The summed E-state index contributed by atoms with van der Waals surface area (Å²) in [6.45, 7) is 0. The third-order valence-electron chi connectivity index (χ3n) is 0.801. The summed E-state index contributed by atoms with van der Waals surface area (Å²) in [6, 6.07) is 3.82. The Labute approximate surface area is 47.8 Å². The van der Waals surface area contributed by atoms with Gasteiger partial charge in [-0.3, -0.25) is 9.51 Å². The third-order valence-corrected chi connectivity index (χ3v) is 0.801. The van der Waals surface area contributed by atoms with Gasteiger partial charge in [-0.2, -0.15) is 0 Å². The van der Waals surface area contributed by atoms with Gasteiger partial charge in [0, 0.05) is 12.4 Å². The van der Waals surface area contributed by atoms with Crippen molar-refractivity contribution in [3.05, 3.63) is 24.5 Å². The van der Waals surface area contributed by atoms with Gasteiger partial charge in [-0.1, -0.05) is 0 Å². The minimum atomic E-state index is 1.57. The molecule has 0 bridgehead atoms. The van der Waals surface area contributed by atoms with Crippen molar-refractivity contribution in [3.8, 4) is 0 Å². The highest BCUT2D eigenvalue weighted by molar-refractivity contribution is 4.90. The van der Waals surface area contributed by atoms with E-state index in [9.17, 15) is 0 Å². The first-order chi connectivity index (χ1) is 3.93. The molecule has 0 aliphatic carbocycles. The van der Waals surface area contributed by atoms with Crippen LogP contribution in [0, 0.1) is 0 Å². The van der Waals surface area contributed by atoms with E-state index in [1.54, 1.807) is 11.8 Å². The number of nitrogens with zero attached hydrogens (tertiary/aromatic N) is 1. The van der Waals surface area contributed by atoms with E-state index in [0.29, 0.717) is 0 Å². The number of nitrogens with one attached hydrogen (secondary N) is 1. The van der Waals surface area contributed by atoms with Gasteiger partial charge in [-0.05, 0) is 12.1 Å². The molecule has 1 aromatic rings. The molecule has 0 saturated carbocycles. The molecule has 0 unspecified atom stereocenters. The third kappa shape index (κ3) is 1.01. The summed E-state index contributed by atoms with van der Waals surface area (Å²) in [6.07, 6.45) is 3.70. The Bertz CT molecular complexity index is 136. The first-order valence-electron chi connectivity index (χ1n) is 2.35. The molecule has 1 N–H and O–H groups in total. The van der Waals surface area contributed by atoms with Crippen molar-refractivity contribution in [3.63, 3.8) is 0 Å². The molecular weight excluding hydrogens is 104 g/mol. The lowest BCUT2D eigenvalue weighted by Crippen LogP contribution is -2.09. The topological polar surface area (TPSA) is 26.2 Å². The fraction of sp³-hybridized carbons (Fsp3) is 0.200. The SMILES string of the molecule is CONn1cccc1. The van der Waals surface area contributed by atoms with Crippen molar-refractivity contribution < 1.29 is 4.84 Å². The Hall–Kier alpha value is -0.960. The number of rotatable bonds is 2. The van der Waals surface area contributed by atoms with Crippen LogP contribution in [0.1, 0.15) is 0 Å². The Balaban J connectivity index is 2.50. The predicted molar refractivity (Wildman–Crippen MR) is 30.8 cm³/mol. The van der Waals surface area contributed by atoms with Crippen LogP contribution in [-0.4, -0.2) is 11.8 Å². The Morgan fingerprint density at radius 3 is 2.50 bits per heavy atom. The number of aromatic nitrogens is 1. The fourth-order valence-electron chi connectivity index (χ4n) is 0.501. The molecule has 0 saturated heterocycles. The maximum atomic E-state index is 4.60. The van der Waals surface area contributed by atoms with Crippen LogP contribution < -0.4 is 5.59 Å². The van der Waals surface area contributed by atoms with E-state index in [1.807, 2.05) is 24.5 Å². The van der Waals surface area contributed by atoms with E-state index >= 15 is 0 Å². The lowest BCUT2D eigenvalue weighted by atomic mass is 10.7. The maximum Gasteiger partial charge on any atom is 0.0654 e. The molecule has 1 rings (SSSR count). The van der Waals surface area contributed by atoms with Crippen molar-refractivity contribution in [1.82, 2.24) is 4.68 Å². The van der Waals surface area contributed by atoms with Gasteiger partial charge in [0.15, 0.2) is 0 Å². The smallest absolute Gasteiger partial charge is 0.0654 e. The standard InChI is InChI=1S/C5H8N2O/c1-8-6-7-4-2-3-5-7/h2-6H,1H3. The van der Waals surface area contributed by atoms with Gasteiger partial charge in [0.05, 0.1) is 7.11 Å². The summed E-state index contributed by atoms with van der Waals surface area (Å²) in [5.41, 5.74) is 2.60. The Kier molecular flexibility index (Phi) is 1.54. The molecule has 0 fully saturated rings. The van der Waals surface area contributed by atoms with Crippen LogP contribution in [0.15, 0.2) is 24.5 Å². The van der Waals surface area contributed by atoms with E-state index in [1.165, 1.54) is 0 Å². The quantitative estimate of drug-likeness (QED) is 0.567. The highest BCUT2D eigenvalue weighted by Crippen LogP contribution is 1.82. The zero-order chi connectivity index (χ0) is 5.82. The first-order valence-corrected chi connectivity index (χ1v) is 2.35. The van der Waals surface area contributed by atoms with E-state index in [2.05, 4.69) is 10.4 Å². The zero-order valence-electron chi connectivity index (χ0n) is 4.66. The van der Waals surface area contributed by atoms with Crippen LogP contribution in [0.4, 0.5) is 0 Å². The number of hydrogen-bond acceptors (Lipinski definition) is 2. The van der Waals surface area contributed by atoms with Crippen molar-refractivity contribution in [2.24, 2.45) is 0 Å².